The number of aromatic nitrogens is 2. The SMILES string of the molecule is O=C(C=Cc1c[nH]c2ccccc12)OC(=O)C=Cc1c[nH]c2ccccc12. The van der Waals surface area contributed by atoms with Gasteiger partial charge in [0.2, 0.25) is 0 Å². The van der Waals surface area contributed by atoms with Crippen LogP contribution in [0.3, 0.4) is 0 Å². The average molecular weight is 356 g/mol. The number of rotatable bonds is 4. The van der Waals surface area contributed by atoms with E-state index < -0.39 is 11.9 Å². The van der Waals surface area contributed by atoms with Gasteiger partial charge in [-0.2, -0.15) is 0 Å². The van der Waals surface area contributed by atoms with Gasteiger partial charge in [0.1, 0.15) is 0 Å². The van der Waals surface area contributed by atoms with E-state index in [0.29, 0.717) is 0 Å². The van der Waals surface area contributed by atoms with Gasteiger partial charge in [0, 0.05) is 57.5 Å². The first-order valence-corrected chi connectivity index (χ1v) is 8.45. The van der Waals surface area contributed by atoms with E-state index in [1.54, 1.807) is 24.5 Å². The fourth-order valence-corrected chi connectivity index (χ4v) is 2.95. The molecule has 132 valence electrons. The Morgan fingerprint density at radius 2 is 1.15 bits per heavy atom. The molecule has 5 heteroatoms. The van der Waals surface area contributed by atoms with Crippen molar-refractivity contribution in [1.29, 1.82) is 0 Å². The molecule has 0 fully saturated rings. The van der Waals surface area contributed by atoms with E-state index in [0.717, 1.165) is 32.9 Å². The number of hydrogen-bond donors (Lipinski definition) is 2. The summed E-state index contributed by atoms with van der Waals surface area (Å²) in [5, 5.41) is 1.99. The van der Waals surface area contributed by atoms with E-state index in [-0.39, 0.29) is 0 Å². The summed E-state index contributed by atoms with van der Waals surface area (Å²) in [7, 11) is 0. The average Bonchev–Trinajstić information content (AvgIpc) is 3.29. The van der Waals surface area contributed by atoms with Crippen molar-refractivity contribution in [2.45, 2.75) is 0 Å². The van der Waals surface area contributed by atoms with Gasteiger partial charge in [0.05, 0.1) is 0 Å². The number of carbonyl (C=O) groups excluding carboxylic acids is 2. The summed E-state index contributed by atoms with van der Waals surface area (Å²) in [6.45, 7) is 0. The van der Waals surface area contributed by atoms with Crippen molar-refractivity contribution in [3.8, 4) is 0 Å². The number of hydrogen-bond acceptors (Lipinski definition) is 3. The van der Waals surface area contributed by atoms with Crippen LogP contribution in [0.5, 0.6) is 0 Å². The van der Waals surface area contributed by atoms with Crippen LogP contribution in [-0.4, -0.2) is 21.9 Å². The highest BCUT2D eigenvalue weighted by atomic mass is 16.6. The van der Waals surface area contributed by atoms with E-state index in [9.17, 15) is 9.59 Å². The minimum Gasteiger partial charge on any atom is -0.387 e. The van der Waals surface area contributed by atoms with Crippen LogP contribution in [0.4, 0.5) is 0 Å². The van der Waals surface area contributed by atoms with Gasteiger partial charge in [-0.25, -0.2) is 9.59 Å². The summed E-state index contributed by atoms with van der Waals surface area (Å²) in [5.41, 5.74) is 3.65. The molecule has 0 bridgehead atoms. The van der Waals surface area contributed by atoms with E-state index >= 15 is 0 Å². The maximum atomic E-state index is 11.9. The molecule has 0 spiro atoms. The maximum absolute atomic E-state index is 11.9. The van der Waals surface area contributed by atoms with Crippen molar-refractivity contribution < 1.29 is 14.3 Å². The van der Waals surface area contributed by atoms with E-state index in [1.165, 1.54) is 12.2 Å². The summed E-state index contributed by atoms with van der Waals surface area (Å²) in [6, 6.07) is 15.5. The Bertz CT molecular complexity index is 1100. The second kappa shape index (κ2) is 7.17. The predicted octanol–water partition coefficient (Wildman–Crippen LogP) is 4.45. The number of carbonyl (C=O) groups is 2. The number of benzene rings is 2. The lowest BCUT2D eigenvalue weighted by atomic mass is 10.1. The van der Waals surface area contributed by atoms with Crippen LogP contribution in [0, 0.1) is 0 Å². The van der Waals surface area contributed by atoms with E-state index in [1.807, 2.05) is 48.5 Å². The molecule has 2 N–H and O–H groups in total. The Morgan fingerprint density at radius 3 is 1.63 bits per heavy atom. The van der Waals surface area contributed by atoms with Crippen LogP contribution in [0.1, 0.15) is 11.1 Å². The Morgan fingerprint density at radius 1 is 0.704 bits per heavy atom. The lowest BCUT2D eigenvalue weighted by Gasteiger charge is -1.95. The molecule has 0 aliphatic carbocycles. The molecule has 27 heavy (non-hydrogen) atoms. The second-order valence-electron chi connectivity index (χ2n) is 5.99. The van der Waals surface area contributed by atoms with Crippen LogP contribution in [0.15, 0.2) is 73.1 Å². The van der Waals surface area contributed by atoms with Gasteiger partial charge < -0.3 is 14.7 Å². The highest BCUT2D eigenvalue weighted by Gasteiger charge is 2.06. The molecule has 0 radical (unpaired) electrons. The van der Waals surface area contributed by atoms with E-state index in [2.05, 4.69) is 9.97 Å². The van der Waals surface area contributed by atoms with Crippen molar-refractivity contribution in [2.75, 3.05) is 0 Å². The minimum atomic E-state index is -0.714. The Hall–Kier alpha value is -3.86. The lowest BCUT2D eigenvalue weighted by Crippen LogP contribution is -2.06. The standard InChI is InChI=1S/C22H16N2O3/c25-21(11-9-15-13-23-19-7-3-1-5-17(15)19)27-22(26)12-10-16-14-24-20-8-4-2-6-18(16)20/h1-14,23-24H. The molecule has 2 aromatic carbocycles. The van der Waals surface area contributed by atoms with Gasteiger partial charge in [0.15, 0.2) is 0 Å². The van der Waals surface area contributed by atoms with Crippen molar-refractivity contribution >= 4 is 45.9 Å². The zero-order valence-electron chi connectivity index (χ0n) is 14.3. The van der Waals surface area contributed by atoms with Crippen LogP contribution in [0.25, 0.3) is 34.0 Å². The summed E-state index contributed by atoms with van der Waals surface area (Å²) < 4.78 is 4.80. The number of nitrogens with one attached hydrogen (secondary N) is 2. The topological polar surface area (TPSA) is 75.0 Å². The molecule has 0 saturated heterocycles. The minimum absolute atomic E-state index is 0.714. The maximum Gasteiger partial charge on any atom is 0.338 e. The third-order valence-electron chi connectivity index (χ3n) is 4.24. The number of fused-ring (bicyclic) bond motifs is 2. The molecule has 0 atom stereocenters. The van der Waals surface area contributed by atoms with Crippen LogP contribution in [0.2, 0.25) is 0 Å². The van der Waals surface area contributed by atoms with Crippen LogP contribution < -0.4 is 0 Å². The molecule has 0 amide bonds. The Kier molecular flexibility index (Phi) is 4.41. The van der Waals surface area contributed by atoms with Gasteiger partial charge >= 0.3 is 11.9 Å². The molecule has 2 aromatic heterocycles. The highest BCUT2D eigenvalue weighted by molar-refractivity contribution is 6.02. The molecular weight excluding hydrogens is 340 g/mol. The Labute approximate surface area is 155 Å². The molecule has 0 saturated carbocycles. The van der Waals surface area contributed by atoms with Gasteiger partial charge in [-0.3, -0.25) is 0 Å². The first-order chi connectivity index (χ1) is 13.2. The second-order valence-corrected chi connectivity index (χ2v) is 5.99. The highest BCUT2D eigenvalue weighted by Crippen LogP contribution is 2.20. The first-order valence-electron chi connectivity index (χ1n) is 8.45. The number of esters is 2. The fourth-order valence-electron chi connectivity index (χ4n) is 2.95. The van der Waals surface area contributed by atoms with Crippen LogP contribution in [-0.2, 0) is 14.3 Å². The molecule has 0 aliphatic rings. The van der Waals surface area contributed by atoms with E-state index in [4.69, 9.17) is 4.74 Å². The summed E-state index contributed by atoms with van der Waals surface area (Å²) in [5.74, 6) is -1.43. The first kappa shape index (κ1) is 16.6. The quantitative estimate of drug-likeness (QED) is 0.322. The molecule has 4 rings (SSSR count). The van der Waals surface area contributed by atoms with Crippen LogP contribution >= 0.6 is 0 Å². The number of para-hydroxylation sites is 2. The molecule has 4 aromatic rings. The molecular formula is C22H16N2O3. The molecule has 0 unspecified atom stereocenters. The molecule has 0 aliphatic heterocycles. The smallest absolute Gasteiger partial charge is 0.338 e. The number of aromatic amines is 2. The van der Waals surface area contributed by atoms with Crippen molar-refractivity contribution in [3.63, 3.8) is 0 Å². The largest absolute Gasteiger partial charge is 0.387 e. The zero-order valence-corrected chi connectivity index (χ0v) is 14.3. The van der Waals surface area contributed by atoms with Gasteiger partial charge in [-0.05, 0) is 24.3 Å². The third kappa shape index (κ3) is 3.57. The zero-order chi connectivity index (χ0) is 18.6. The summed E-state index contributed by atoms with van der Waals surface area (Å²) in [6.07, 6.45) is 9.33. The lowest BCUT2D eigenvalue weighted by molar-refractivity contribution is -0.152. The Balaban J connectivity index is 1.41. The summed E-state index contributed by atoms with van der Waals surface area (Å²) >= 11 is 0. The monoisotopic (exact) mass is 356 g/mol. The normalized spacial score (nSPS) is 11.7. The van der Waals surface area contributed by atoms with Crippen molar-refractivity contribution in [3.05, 3.63) is 84.2 Å². The van der Waals surface area contributed by atoms with Crippen molar-refractivity contribution in [1.82, 2.24) is 9.97 Å². The third-order valence-corrected chi connectivity index (χ3v) is 4.24. The van der Waals surface area contributed by atoms with Gasteiger partial charge in [-0.15, -0.1) is 0 Å². The fraction of sp³-hybridized carbons (Fsp3) is 0. The predicted molar refractivity (Wildman–Crippen MR) is 106 cm³/mol. The summed E-state index contributed by atoms with van der Waals surface area (Å²) in [4.78, 5) is 30.0. The van der Waals surface area contributed by atoms with Gasteiger partial charge in [-0.1, -0.05) is 36.4 Å². The molecule has 2 heterocycles. The van der Waals surface area contributed by atoms with Crippen molar-refractivity contribution in [2.24, 2.45) is 0 Å². The number of H-pyrrole nitrogens is 2. The van der Waals surface area contributed by atoms with Gasteiger partial charge in [0.25, 0.3) is 0 Å². The molecule has 5 nitrogen and oxygen atoms in total. The number of ether oxygens (including phenoxy) is 1.